The van der Waals surface area contributed by atoms with Crippen molar-refractivity contribution in [3.05, 3.63) is 77.4 Å². The van der Waals surface area contributed by atoms with Crippen molar-refractivity contribution in [2.24, 2.45) is 0 Å². The molecule has 5 rings (SSSR count). The second kappa shape index (κ2) is 9.58. The zero-order valence-corrected chi connectivity index (χ0v) is 20.7. The van der Waals surface area contributed by atoms with Crippen LogP contribution >= 0.6 is 0 Å². The van der Waals surface area contributed by atoms with E-state index >= 15 is 0 Å². The summed E-state index contributed by atoms with van der Waals surface area (Å²) >= 11 is 0. The van der Waals surface area contributed by atoms with Crippen LogP contribution in [0.4, 0.5) is 17.3 Å². The van der Waals surface area contributed by atoms with Gasteiger partial charge in [-0.25, -0.2) is 19.3 Å². The van der Waals surface area contributed by atoms with Crippen LogP contribution in [0, 0.1) is 0 Å². The number of nitrogens with zero attached hydrogens (tertiary/aromatic N) is 6. The first-order chi connectivity index (χ1) is 17.3. The molecule has 0 unspecified atom stereocenters. The molecule has 4 aromatic rings. The van der Waals surface area contributed by atoms with Crippen molar-refractivity contribution < 1.29 is 5.11 Å². The lowest BCUT2D eigenvalue weighted by Crippen LogP contribution is -2.29. The Hall–Kier alpha value is -3.98. The standard InChI is InChI=1S/C27H31N7O2/c1-4-15-33-25(35)21-18-28-26(29-19-11-13-20(14-12-19)32-16-6-5-7-17-32)31-24(21)34(33)23-10-8-9-22(30-23)27(2,3)36/h4,8-14,18,36H,1,5-7,15-17H2,2-3H3,(H,28,29,31). The Morgan fingerprint density at radius 3 is 2.53 bits per heavy atom. The predicted molar refractivity (Wildman–Crippen MR) is 142 cm³/mol. The van der Waals surface area contributed by atoms with Gasteiger partial charge in [0.05, 0.1) is 12.2 Å². The van der Waals surface area contributed by atoms with Gasteiger partial charge in [-0.1, -0.05) is 12.1 Å². The molecule has 2 N–H and O–H groups in total. The molecule has 1 aliphatic rings. The lowest BCUT2D eigenvalue weighted by Gasteiger charge is -2.28. The Labute approximate surface area is 209 Å². The van der Waals surface area contributed by atoms with E-state index in [-0.39, 0.29) is 12.1 Å². The highest BCUT2D eigenvalue weighted by atomic mass is 16.3. The van der Waals surface area contributed by atoms with Gasteiger partial charge in [0, 0.05) is 30.7 Å². The summed E-state index contributed by atoms with van der Waals surface area (Å²) in [5.41, 5.74) is 1.61. The van der Waals surface area contributed by atoms with E-state index < -0.39 is 5.60 Å². The van der Waals surface area contributed by atoms with E-state index in [1.165, 1.54) is 35.8 Å². The molecule has 0 saturated carbocycles. The largest absolute Gasteiger partial charge is 0.384 e. The summed E-state index contributed by atoms with van der Waals surface area (Å²) in [6, 6.07) is 13.6. The molecule has 0 bridgehead atoms. The van der Waals surface area contributed by atoms with Gasteiger partial charge in [-0.15, -0.1) is 6.58 Å². The van der Waals surface area contributed by atoms with Crippen molar-refractivity contribution in [2.45, 2.75) is 45.3 Å². The number of anilines is 3. The molecule has 4 heterocycles. The average Bonchev–Trinajstić information content (AvgIpc) is 3.15. The summed E-state index contributed by atoms with van der Waals surface area (Å²) in [5, 5.41) is 14.1. The highest BCUT2D eigenvalue weighted by Gasteiger charge is 2.22. The normalized spacial score (nSPS) is 14.2. The van der Waals surface area contributed by atoms with Gasteiger partial charge in [0.2, 0.25) is 5.95 Å². The van der Waals surface area contributed by atoms with Crippen LogP contribution < -0.4 is 15.8 Å². The highest BCUT2D eigenvalue weighted by Crippen LogP contribution is 2.24. The van der Waals surface area contributed by atoms with Crippen LogP contribution in [0.3, 0.4) is 0 Å². The van der Waals surface area contributed by atoms with Crippen LogP contribution in [-0.4, -0.2) is 42.5 Å². The molecule has 1 fully saturated rings. The van der Waals surface area contributed by atoms with Crippen LogP contribution in [0.5, 0.6) is 0 Å². The number of piperidine rings is 1. The third-order valence-corrected chi connectivity index (χ3v) is 6.40. The van der Waals surface area contributed by atoms with E-state index in [2.05, 4.69) is 43.9 Å². The van der Waals surface area contributed by atoms with E-state index in [1.54, 1.807) is 42.8 Å². The number of nitrogens with one attached hydrogen (secondary N) is 1. The molecular weight excluding hydrogens is 454 g/mol. The van der Waals surface area contributed by atoms with Crippen LogP contribution in [0.1, 0.15) is 38.8 Å². The van der Waals surface area contributed by atoms with Crippen LogP contribution in [-0.2, 0) is 12.1 Å². The van der Waals surface area contributed by atoms with Gasteiger partial charge in [-0.2, -0.15) is 4.98 Å². The van der Waals surface area contributed by atoms with Crippen LogP contribution in [0.25, 0.3) is 16.9 Å². The molecule has 1 saturated heterocycles. The van der Waals surface area contributed by atoms with Crippen molar-refractivity contribution in [1.82, 2.24) is 24.3 Å². The number of pyridine rings is 1. The number of benzene rings is 1. The van der Waals surface area contributed by atoms with Gasteiger partial charge in [-0.3, -0.25) is 4.79 Å². The maximum Gasteiger partial charge on any atom is 0.278 e. The van der Waals surface area contributed by atoms with Gasteiger partial charge >= 0.3 is 0 Å². The highest BCUT2D eigenvalue weighted by molar-refractivity contribution is 5.77. The van der Waals surface area contributed by atoms with Crippen LogP contribution in [0.2, 0.25) is 0 Å². The fraction of sp³-hybridized carbons (Fsp3) is 0.333. The molecule has 0 spiro atoms. The molecule has 1 aliphatic heterocycles. The summed E-state index contributed by atoms with van der Waals surface area (Å²) in [6.07, 6.45) is 6.94. The van der Waals surface area contributed by atoms with Gasteiger partial charge in [0.25, 0.3) is 5.56 Å². The number of hydrogen-bond donors (Lipinski definition) is 2. The summed E-state index contributed by atoms with van der Waals surface area (Å²) in [5.74, 6) is 0.843. The second-order valence-electron chi connectivity index (χ2n) is 9.58. The van der Waals surface area contributed by atoms with Crippen molar-refractivity contribution >= 4 is 28.4 Å². The topological polar surface area (TPSA) is 101 Å². The maximum absolute atomic E-state index is 13.2. The Bertz CT molecular complexity index is 1440. The molecule has 0 radical (unpaired) electrons. The van der Waals surface area contributed by atoms with Crippen molar-refractivity contribution in [3.8, 4) is 5.82 Å². The number of fused-ring (bicyclic) bond motifs is 1. The molecule has 9 nitrogen and oxygen atoms in total. The number of aromatic nitrogens is 5. The maximum atomic E-state index is 13.2. The third-order valence-electron chi connectivity index (χ3n) is 6.40. The Kier molecular flexibility index (Phi) is 6.32. The minimum Gasteiger partial charge on any atom is -0.384 e. The molecule has 3 aromatic heterocycles. The molecule has 1 aromatic carbocycles. The summed E-state index contributed by atoms with van der Waals surface area (Å²) in [4.78, 5) is 29.3. The Morgan fingerprint density at radius 1 is 1.08 bits per heavy atom. The van der Waals surface area contributed by atoms with E-state index in [0.717, 1.165) is 18.8 Å². The van der Waals surface area contributed by atoms with E-state index in [9.17, 15) is 9.90 Å². The summed E-state index contributed by atoms with van der Waals surface area (Å²) < 4.78 is 3.17. The zero-order valence-electron chi connectivity index (χ0n) is 20.7. The Morgan fingerprint density at radius 2 is 1.83 bits per heavy atom. The molecule has 9 heteroatoms. The lowest BCUT2D eigenvalue weighted by atomic mass is 10.1. The first-order valence-corrected chi connectivity index (χ1v) is 12.3. The minimum atomic E-state index is -1.13. The van der Waals surface area contributed by atoms with Gasteiger partial charge in [0.1, 0.15) is 11.0 Å². The smallest absolute Gasteiger partial charge is 0.278 e. The average molecular weight is 486 g/mol. The van der Waals surface area contributed by atoms with E-state index in [4.69, 9.17) is 0 Å². The molecule has 36 heavy (non-hydrogen) atoms. The van der Waals surface area contributed by atoms with E-state index in [0.29, 0.717) is 28.5 Å². The SMILES string of the molecule is C=CCn1c(=O)c2cnc(Nc3ccc(N4CCCCC4)cc3)nc2n1-c1cccc(C(C)(C)O)n1. The fourth-order valence-corrected chi connectivity index (χ4v) is 4.53. The molecule has 0 atom stereocenters. The number of rotatable bonds is 7. The molecule has 0 amide bonds. The molecule has 0 aliphatic carbocycles. The fourth-order valence-electron chi connectivity index (χ4n) is 4.53. The second-order valence-corrected chi connectivity index (χ2v) is 9.58. The summed E-state index contributed by atoms with van der Waals surface area (Å²) in [6.45, 7) is 9.58. The van der Waals surface area contributed by atoms with Crippen molar-refractivity contribution in [1.29, 1.82) is 0 Å². The lowest BCUT2D eigenvalue weighted by molar-refractivity contribution is 0.0738. The number of aliphatic hydroxyl groups is 1. The minimum absolute atomic E-state index is 0.238. The predicted octanol–water partition coefficient (Wildman–Crippen LogP) is 4.12. The van der Waals surface area contributed by atoms with Gasteiger partial charge < -0.3 is 15.3 Å². The first kappa shape index (κ1) is 23.7. The number of allylic oxidation sites excluding steroid dienone is 1. The third kappa shape index (κ3) is 4.61. The van der Waals surface area contributed by atoms with Crippen molar-refractivity contribution in [3.63, 3.8) is 0 Å². The zero-order chi connectivity index (χ0) is 25.3. The van der Waals surface area contributed by atoms with E-state index in [1.807, 2.05) is 12.1 Å². The van der Waals surface area contributed by atoms with Crippen LogP contribution in [0.15, 0.2) is 66.1 Å². The molecule has 186 valence electrons. The first-order valence-electron chi connectivity index (χ1n) is 12.3. The van der Waals surface area contributed by atoms with Gasteiger partial charge in [-0.05, 0) is 69.5 Å². The molecular formula is C27H31N7O2. The summed E-state index contributed by atoms with van der Waals surface area (Å²) in [7, 11) is 0. The number of hydrogen-bond acceptors (Lipinski definition) is 7. The van der Waals surface area contributed by atoms with Gasteiger partial charge in [0.15, 0.2) is 11.5 Å². The monoisotopic (exact) mass is 485 g/mol. The Balaban J connectivity index is 1.53. The quantitative estimate of drug-likeness (QED) is 0.380. The van der Waals surface area contributed by atoms with Crippen molar-refractivity contribution in [2.75, 3.05) is 23.3 Å².